The molecule has 0 saturated carbocycles. The number of thiophene rings is 1. The maximum Gasteiger partial charge on any atom is 0.151 e. The van der Waals surface area contributed by atoms with E-state index in [-0.39, 0.29) is 0 Å². The van der Waals surface area contributed by atoms with Crippen molar-refractivity contribution in [1.82, 2.24) is 0 Å². The maximum atomic E-state index is 10.1. The Morgan fingerprint density at radius 3 is 1.89 bits per heavy atom. The molecule has 1 rings (SSSR count). The predicted molar refractivity (Wildman–Crippen MR) is 35.1 cm³/mol. The molecule has 2 nitrogen and oxygen atoms in total. The zero-order valence-corrected chi connectivity index (χ0v) is 5.35. The van der Waals surface area contributed by atoms with Crippen molar-refractivity contribution in [2.24, 2.45) is 0 Å². The second-order valence-corrected chi connectivity index (χ2v) is 2.26. The standard InChI is InChI=1S/C6H4O2S/c7-1-5-3-9-4-6(5)2-8/h1-4H. The highest BCUT2D eigenvalue weighted by Gasteiger charge is 1.98. The van der Waals surface area contributed by atoms with Crippen molar-refractivity contribution < 1.29 is 9.59 Å². The number of rotatable bonds is 2. The highest BCUT2D eigenvalue weighted by Crippen LogP contribution is 2.09. The van der Waals surface area contributed by atoms with Gasteiger partial charge < -0.3 is 0 Å². The summed E-state index contributed by atoms with van der Waals surface area (Å²) < 4.78 is 0. The van der Waals surface area contributed by atoms with Crippen LogP contribution in [0.4, 0.5) is 0 Å². The number of carbonyl (C=O) groups is 2. The van der Waals surface area contributed by atoms with E-state index in [4.69, 9.17) is 0 Å². The molecular formula is C6H4O2S. The molecule has 0 bridgehead atoms. The van der Waals surface area contributed by atoms with Gasteiger partial charge >= 0.3 is 0 Å². The summed E-state index contributed by atoms with van der Waals surface area (Å²) in [5, 5.41) is 3.30. The average molecular weight is 140 g/mol. The van der Waals surface area contributed by atoms with Gasteiger partial charge in [-0.15, -0.1) is 0 Å². The molecule has 3 heteroatoms. The third-order valence-corrected chi connectivity index (χ3v) is 1.76. The monoisotopic (exact) mass is 140 g/mol. The van der Waals surface area contributed by atoms with Crippen LogP contribution in [0, 0.1) is 0 Å². The lowest BCUT2D eigenvalue weighted by Crippen LogP contribution is -1.81. The van der Waals surface area contributed by atoms with E-state index < -0.39 is 0 Å². The smallest absolute Gasteiger partial charge is 0.151 e. The molecule has 0 spiro atoms. The summed E-state index contributed by atoms with van der Waals surface area (Å²) in [5.41, 5.74) is 0.963. The van der Waals surface area contributed by atoms with E-state index in [9.17, 15) is 9.59 Å². The zero-order valence-electron chi connectivity index (χ0n) is 4.53. The van der Waals surface area contributed by atoms with Crippen molar-refractivity contribution in [3.63, 3.8) is 0 Å². The predicted octanol–water partition coefficient (Wildman–Crippen LogP) is 1.37. The lowest BCUT2D eigenvalue weighted by molar-refractivity contribution is 0.109. The van der Waals surface area contributed by atoms with Crippen molar-refractivity contribution in [2.75, 3.05) is 0 Å². The van der Waals surface area contributed by atoms with E-state index in [2.05, 4.69) is 0 Å². The molecule has 0 radical (unpaired) electrons. The molecule has 0 aliphatic rings. The Kier molecular flexibility index (Phi) is 1.75. The van der Waals surface area contributed by atoms with Crippen LogP contribution in [0.15, 0.2) is 10.8 Å². The molecule has 0 saturated heterocycles. The quantitative estimate of drug-likeness (QED) is 0.581. The lowest BCUT2D eigenvalue weighted by Gasteiger charge is -1.78. The number of hydrogen-bond donors (Lipinski definition) is 0. The Morgan fingerprint density at radius 2 is 1.56 bits per heavy atom. The molecule has 0 unspecified atom stereocenters. The summed E-state index contributed by atoms with van der Waals surface area (Å²) >= 11 is 1.35. The van der Waals surface area contributed by atoms with Crippen LogP contribution in [0.25, 0.3) is 0 Å². The van der Waals surface area contributed by atoms with E-state index in [1.807, 2.05) is 0 Å². The Bertz CT molecular complexity index is 204. The Hall–Kier alpha value is -0.960. The van der Waals surface area contributed by atoms with Gasteiger partial charge in [0.05, 0.1) is 0 Å². The van der Waals surface area contributed by atoms with Gasteiger partial charge in [0.25, 0.3) is 0 Å². The van der Waals surface area contributed by atoms with Crippen LogP contribution in [-0.4, -0.2) is 12.6 Å². The van der Waals surface area contributed by atoms with Gasteiger partial charge in [0.1, 0.15) is 0 Å². The molecule has 0 fully saturated rings. The zero-order chi connectivity index (χ0) is 6.69. The minimum atomic E-state index is 0.481. The van der Waals surface area contributed by atoms with E-state index in [1.54, 1.807) is 10.8 Å². The fourth-order valence-corrected chi connectivity index (χ4v) is 1.25. The van der Waals surface area contributed by atoms with Crippen molar-refractivity contribution in [3.8, 4) is 0 Å². The van der Waals surface area contributed by atoms with Crippen LogP contribution >= 0.6 is 11.3 Å². The molecule has 0 amide bonds. The SMILES string of the molecule is O=Cc1cscc1C=O. The first-order valence-electron chi connectivity index (χ1n) is 2.35. The normalized spacial score (nSPS) is 8.89. The largest absolute Gasteiger partial charge is 0.298 e. The average Bonchev–Trinajstić information content (AvgIpc) is 2.33. The Labute approximate surface area is 56.1 Å². The van der Waals surface area contributed by atoms with Gasteiger partial charge in [-0.05, 0) is 0 Å². The summed E-state index contributed by atoms with van der Waals surface area (Å²) in [4.78, 5) is 20.2. The highest BCUT2D eigenvalue weighted by atomic mass is 32.1. The van der Waals surface area contributed by atoms with Crippen molar-refractivity contribution in [2.45, 2.75) is 0 Å². The molecule has 0 atom stereocenters. The summed E-state index contributed by atoms with van der Waals surface area (Å²) in [6, 6.07) is 0. The minimum absolute atomic E-state index is 0.481. The molecular weight excluding hydrogens is 136 g/mol. The van der Waals surface area contributed by atoms with Gasteiger partial charge in [-0.3, -0.25) is 9.59 Å². The molecule has 0 aliphatic heterocycles. The fourth-order valence-electron chi connectivity index (χ4n) is 0.508. The summed E-state index contributed by atoms with van der Waals surface area (Å²) in [6.07, 6.45) is 1.36. The van der Waals surface area contributed by atoms with Gasteiger partial charge in [0.2, 0.25) is 0 Å². The van der Waals surface area contributed by atoms with Gasteiger partial charge in [-0.25, -0.2) is 0 Å². The van der Waals surface area contributed by atoms with Crippen molar-refractivity contribution in [3.05, 3.63) is 21.9 Å². The molecule has 0 aromatic carbocycles. The number of hydrogen-bond acceptors (Lipinski definition) is 3. The van der Waals surface area contributed by atoms with Gasteiger partial charge in [0, 0.05) is 21.9 Å². The molecule has 0 N–H and O–H groups in total. The molecule has 46 valence electrons. The molecule has 9 heavy (non-hydrogen) atoms. The van der Waals surface area contributed by atoms with Gasteiger partial charge in [-0.2, -0.15) is 11.3 Å². The first kappa shape index (κ1) is 6.16. The van der Waals surface area contributed by atoms with Crippen LogP contribution in [0.2, 0.25) is 0 Å². The van der Waals surface area contributed by atoms with Crippen molar-refractivity contribution in [1.29, 1.82) is 0 Å². The molecule has 0 aliphatic carbocycles. The fraction of sp³-hybridized carbons (Fsp3) is 0. The van der Waals surface area contributed by atoms with Crippen molar-refractivity contribution >= 4 is 23.9 Å². The molecule has 1 aromatic rings. The van der Waals surface area contributed by atoms with E-state index in [0.717, 1.165) is 0 Å². The van der Waals surface area contributed by atoms with Gasteiger partial charge in [0.15, 0.2) is 12.6 Å². The highest BCUT2D eigenvalue weighted by molar-refractivity contribution is 7.08. The van der Waals surface area contributed by atoms with E-state index in [0.29, 0.717) is 23.7 Å². The van der Waals surface area contributed by atoms with Crippen LogP contribution in [0.5, 0.6) is 0 Å². The second kappa shape index (κ2) is 2.55. The Morgan fingerprint density at radius 1 is 1.11 bits per heavy atom. The number of aldehydes is 2. The van der Waals surface area contributed by atoms with Crippen LogP contribution in [0.1, 0.15) is 20.7 Å². The van der Waals surface area contributed by atoms with E-state index in [1.165, 1.54) is 11.3 Å². The molecule has 1 heterocycles. The van der Waals surface area contributed by atoms with Gasteiger partial charge in [-0.1, -0.05) is 0 Å². The minimum Gasteiger partial charge on any atom is -0.298 e. The third kappa shape index (κ3) is 1.05. The lowest BCUT2D eigenvalue weighted by atomic mass is 10.2. The third-order valence-electron chi connectivity index (χ3n) is 0.977. The summed E-state index contributed by atoms with van der Waals surface area (Å²) in [6.45, 7) is 0. The first-order valence-corrected chi connectivity index (χ1v) is 3.29. The van der Waals surface area contributed by atoms with Crippen LogP contribution < -0.4 is 0 Å². The Balaban J connectivity index is 3.12. The molecule has 1 aromatic heterocycles. The summed E-state index contributed by atoms with van der Waals surface area (Å²) in [7, 11) is 0. The van der Waals surface area contributed by atoms with Crippen LogP contribution in [-0.2, 0) is 0 Å². The topological polar surface area (TPSA) is 34.1 Å². The van der Waals surface area contributed by atoms with E-state index >= 15 is 0 Å². The first-order chi connectivity index (χ1) is 4.38. The maximum absolute atomic E-state index is 10.1. The summed E-state index contributed by atoms with van der Waals surface area (Å²) in [5.74, 6) is 0. The second-order valence-electron chi connectivity index (χ2n) is 1.52. The van der Waals surface area contributed by atoms with Crippen LogP contribution in [0.3, 0.4) is 0 Å². The number of carbonyl (C=O) groups excluding carboxylic acids is 2.